The van der Waals surface area contributed by atoms with Crippen LogP contribution in [-0.2, 0) is 4.74 Å². The Morgan fingerprint density at radius 3 is 2.21 bits per heavy atom. The second-order valence-electron chi connectivity index (χ2n) is 9.25. The minimum atomic E-state index is -0.744. The largest absolute Gasteiger partial charge is 0.444 e. The van der Waals surface area contributed by atoms with Crippen LogP contribution in [0.15, 0.2) is 30.3 Å². The molecule has 0 saturated carbocycles. The molecule has 1 N–H and O–H groups in total. The molecule has 0 fully saturated rings. The van der Waals surface area contributed by atoms with Gasteiger partial charge in [-0.05, 0) is 32.8 Å². The molecule has 0 saturated heterocycles. The van der Waals surface area contributed by atoms with Gasteiger partial charge < -0.3 is 9.84 Å². The van der Waals surface area contributed by atoms with Crippen molar-refractivity contribution in [2.24, 2.45) is 0 Å². The Morgan fingerprint density at radius 2 is 1.71 bits per heavy atom. The Hall–Kier alpha value is -1.20. The Bertz CT molecular complexity index is 578. The number of aliphatic hydroxyl groups excluding tert-OH is 1. The van der Waals surface area contributed by atoms with E-state index in [9.17, 15) is 9.90 Å². The first-order valence-electron chi connectivity index (χ1n) is 10.3. The van der Waals surface area contributed by atoms with Gasteiger partial charge in [0.15, 0.2) is 0 Å². The summed E-state index contributed by atoms with van der Waals surface area (Å²) >= 11 is 1.69. The maximum Gasteiger partial charge on any atom is 0.411 e. The number of hydrogen-bond acceptors (Lipinski definition) is 4. The van der Waals surface area contributed by atoms with E-state index >= 15 is 0 Å². The zero-order valence-electron chi connectivity index (χ0n) is 18.7. The zero-order valence-corrected chi connectivity index (χ0v) is 19.5. The summed E-state index contributed by atoms with van der Waals surface area (Å²) in [5.41, 5.74) is 0.256. The molecular formula is C23H39NO3S. The quantitative estimate of drug-likeness (QED) is 0.379. The van der Waals surface area contributed by atoms with Crippen LogP contribution in [0.4, 0.5) is 4.79 Å². The van der Waals surface area contributed by atoms with Gasteiger partial charge in [-0.2, -0.15) is 0 Å². The molecule has 0 spiro atoms. The van der Waals surface area contributed by atoms with Crippen molar-refractivity contribution in [3.05, 3.63) is 35.9 Å². The van der Waals surface area contributed by atoms with Crippen LogP contribution in [-0.4, -0.2) is 38.4 Å². The van der Waals surface area contributed by atoms with Gasteiger partial charge in [-0.25, -0.2) is 4.79 Å². The highest BCUT2D eigenvalue weighted by Crippen LogP contribution is 2.31. The summed E-state index contributed by atoms with van der Waals surface area (Å²) in [6, 6.07) is 9.29. The van der Waals surface area contributed by atoms with Gasteiger partial charge in [0.05, 0.1) is 18.0 Å². The van der Waals surface area contributed by atoms with Crippen LogP contribution < -0.4 is 0 Å². The fourth-order valence-corrected chi connectivity index (χ4v) is 3.65. The topological polar surface area (TPSA) is 49.8 Å². The summed E-state index contributed by atoms with van der Waals surface area (Å²) in [6.07, 6.45) is 2.77. The van der Waals surface area contributed by atoms with E-state index < -0.39 is 11.7 Å². The van der Waals surface area contributed by atoms with Crippen LogP contribution in [0.3, 0.4) is 0 Å². The minimum Gasteiger partial charge on any atom is -0.444 e. The van der Waals surface area contributed by atoms with E-state index in [1.807, 2.05) is 51.1 Å². The number of benzene rings is 1. The van der Waals surface area contributed by atoms with Gasteiger partial charge in [-0.15, -0.1) is 11.8 Å². The number of carbonyl (C=O) groups is 1. The van der Waals surface area contributed by atoms with Crippen molar-refractivity contribution in [2.45, 2.75) is 96.6 Å². The van der Waals surface area contributed by atoms with Crippen LogP contribution in [0, 0.1) is 0 Å². The second kappa shape index (κ2) is 11.1. The lowest BCUT2D eigenvalue weighted by molar-refractivity contribution is -0.00270. The number of carbonyl (C=O) groups excluding carboxylic acids is 1. The van der Waals surface area contributed by atoms with E-state index in [0.29, 0.717) is 5.88 Å². The molecule has 5 heteroatoms. The van der Waals surface area contributed by atoms with Crippen molar-refractivity contribution in [1.82, 2.24) is 4.90 Å². The molecular weight excluding hydrogens is 370 g/mol. The van der Waals surface area contributed by atoms with E-state index in [-0.39, 0.29) is 16.9 Å². The number of rotatable bonds is 9. The maximum atomic E-state index is 13.1. The third-order valence-corrected chi connectivity index (χ3v) is 5.55. The van der Waals surface area contributed by atoms with Gasteiger partial charge in [0.25, 0.3) is 0 Å². The number of aliphatic hydroxyl groups is 1. The number of amides is 1. The fraction of sp³-hybridized carbons (Fsp3) is 0.696. The molecule has 1 rings (SSSR count). The van der Waals surface area contributed by atoms with E-state index in [2.05, 4.69) is 27.7 Å². The first-order chi connectivity index (χ1) is 12.9. The lowest BCUT2D eigenvalue weighted by atomic mass is 9.96. The second-order valence-corrected chi connectivity index (χ2v) is 11.0. The van der Waals surface area contributed by atoms with Crippen molar-refractivity contribution in [3.8, 4) is 0 Å². The summed E-state index contributed by atoms with van der Waals surface area (Å²) in [6.45, 7) is 14.2. The van der Waals surface area contributed by atoms with Crippen LogP contribution in [0.5, 0.6) is 0 Å². The highest BCUT2D eigenvalue weighted by atomic mass is 32.2. The molecule has 160 valence electrons. The number of thioether (sulfide) groups is 1. The van der Waals surface area contributed by atoms with Gasteiger partial charge in [0.1, 0.15) is 5.60 Å². The van der Waals surface area contributed by atoms with Crippen LogP contribution in [0.25, 0.3) is 0 Å². The third-order valence-electron chi connectivity index (χ3n) is 4.27. The predicted molar refractivity (Wildman–Crippen MR) is 120 cm³/mol. The predicted octanol–water partition coefficient (Wildman–Crippen LogP) is 6.40. The van der Waals surface area contributed by atoms with Crippen LogP contribution in [0.1, 0.15) is 85.8 Å². The molecule has 0 aliphatic carbocycles. The molecule has 0 aliphatic heterocycles. The highest BCUT2D eigenvalue weighted by molar-refractivity contribution is 8.00. The molecule has 1 aromatic rings. The van der Waals surface area contributed by atoms with Crippen LogP contribution in [0.2, 0.25) is 0 Å². The highest BCUT2D eigenvalue weighted by Gasteiger charge is 2.34. The number of nitrogens with zero attached hydrogens (tertiary/aromatic N) is 1. The Labute approximate surface area is 176 Å². The van der Waals surface area contributed by atoms with Gasteiger partial charge in [0.2, 0.25) is 0 Å². The zero-order chi connectivity index (χ0) is 21.4. The van der Waals surface area contributed by atoms with E-state index in [4.69, 9.17) is 4.74 Å². The summed E-state index contributed by atoms with van der Waals surface area (Å²) < 4.78 is 5.71. The molecule has 0 unspecified atom stereocenters. The Morgan fingerprint density at radius 1 is 1.11 bits per heavy atom. The van der Waals surface area contributed by atoms with Crippen molar-refractivity contribution in [2.75, 3.05) is 5.88 Å². The van der Waals surface area contributed by atoms with Crippen molar-refractivity contribution in [1.29, 1.82) is 0 Å². The number of unbranched alkanes of at least 4 members (excludes halogenated alkanes) is 2. The van der Waals surface area contributed by atoms with Gasteiger partial charge >= 0.3 is 6.09 Å². The molecule has 0 bridgehead atoms. The van der Waals surface area contributed by atoms with Gasteiger partial charge in [-0.1, -0.05) is 77.3 Å². The lowest BCUT2D eigenvalue weighted by Crippen LogP contribution is -2.46. The first kappa shape index (κ1) is 24.8. The smallest absolute Gasteiger partial charge is 0.411 e. The van der Waals surface area contributed by atoms with Crippen LogP contribution >= 0.6 is 11.8 Å². The average Bonchev–Trinajstić information content (AvgIpc) is 2.58. The number of ether oxygens (including phenoxy) is 1. The normalized spacial score (nSPS) is 14.4. The summed E-state index contributed by atoms with van der Waals surface area (Å²) in [7, 11) is 0. The Balaban J connectivity index is 3.16. The average molecular weight is 410 g/mol. The summed E-state index contributed by atoms with van der Waals surface area (Å²) in [5.74, 6) is 0.485. The van der Waals surface area contributed by atoms with Gasteiger partial charge in [0, 0.05) is 4.75 Å². The monoisotopic (exact) mass is 409 g/mol. The molecule has 2 atom stereocenters. The van der Waals surface area contributed by atoms with Crippen molar-refractivity contribution >= 4 is 17.9 Å². The molecule has 1 amide bonds. The molecule has 0 aliphatic rings. The Kier molecular flexibility index (Phi) is 9.85. The van der Waals surface area contributed by atoms with E-state index in [0.717, 1.165) is 31.2 Å². The van der Waals surface area contributed by atoms with Gasteiger partial charge in [-0.3, -0.25) is 4.90 Å². The first-order valence-corrected chi connectivity index (χ1v) is 11.3. The summed E-state index contributed by atoms with van der Waals surface area (Å²) in [5, 5.41) is 11.2. The molecule has 0 radical (unpaired) electrons. The van der Waals surface area contributed by atoms with E-state index in [1.54, 1.807) is 16.7 Å². The molecule has 4 nitrogen and oxygen atoms in total. The summed E-state index contributed by atoms with van der Waals surface area (Å²) in [4.78, 5) is 14.8. The van der Waals surface area contributed by atoms with Crippen molar-refractivity contribution in [3.63, 3.8) is 0 Å². The van der Waals surface area contributed by atoms with E-state index in [1.165, 1.54) is 0 Å². The fourth-order valence-electron chi connectivity index (χ4n) is 2.83. The molecule has 28 heavy (non-hydrogen) atoms. The minimum absolute atomic E-state index is 0.00588. The lowest BCUT2D eigenvalue weighted by Gasteiger charge is -2.37. The maximum absolute atomic E-state index is 13.1. The van der Waals surface area contributed by atoms with Crippen molar-refractivity contribution < 1.29 is 14.6 Å². The molecule has 1 aromatic carbocycles. The third kappa shape index (κ3) is 9.33. The molecule has 0 aromatic heterocycles. The number of hydrogen-bond donors (Lipinski definition) is 1. The standard InChI is InChI=1S/C23H39NO3S/c1-8-9-11-16-19(20(25)18-14-12-10-13-15-18)24(17-28-23(5,6)7)21(26)27-22(2,3)4/h10,12-15,19-20,25H,8-9,11,16-17H2,1-7H3/t19-,20-/m0/s1. The molecule has 0 heterocycles. The SMILES string of the molecule is CCCCC[C@@H]([C@@H](O)c1ccccc1)N(CSC(C)(C)C)C(=O)OC(C)(C)C.